The zero-order valence-electron chi connectivity index (χ0n) is 13.5. The van der Waals surface area contributed by atoms with Gasteiger partial charge in [0.05, 0.1) is 12.3 Å². The Bertz CT molecular complexity index is 965. The van der Waals surface area contributed by atoms with Gasteiger partial charge in [0.25, 0.3) is 0 Å². The summed E-state index contributed by atoms with van der Waals surface area (Å²) in [7, 11) is 0. The molecular formula is C19H16N4O2. The van der Waals surface area contributed by atoms with Crippen LogP contribution in [0, 0.1) is 0 Å². The van der Waals surface area contributed by atoms with Gasteiger partial charge < -0.3 is 10.1 Å². The second-order valence-corrected chi connectivity index (χ2v) is 6.37. The topological polar surface area (TPSA) is 79.9 Å². The summed E-state index contributed by atoms with van der Waals surface area (Å²) in [6, 6.07) is 10.1. The number of anilines is 1. The molecule has 1 aromatic carbocycles. The molecule has 124 valence electrons. The van der Waals surface area contributed by atoms with E-state index in [-0.39, 0.29) is 11.8 Å². The molecule has 0 saturated carbocycles. The third-order valence-electron chi connectivity index (χ3n) is 4.87. The van der Waals surface area contributed by atoms with Crippen molar-refractivity contribution in [2.75, 3.05) is 11.9 Å². The maximum atomic E-state index is 12.2. The van der Waals surface area contributed by atoms with Crippen molar-refractivity contribution in [2.24, 2.45) is 0 Å². The van der Waals surface area contributed by atoms with Crippen molar-refractivity contribution in [3.05, 3.63) is 59.4 Å². The Morgan fingerprint density at radius 3 is 3.08 bits per heavy atom. The van der Waals surface area contributed by atoms with E-state index in [1.54, 1.807) is 12.4 Å². The van der Waals surface area contributed by atoms with E-state index in [1.807, 2.05) is 18.2 Å². The number of aromatic nitrogens is 3. The number of benzene rings is 1. The van der Waals surface area contributed by atoms with Crippen LogP contribution in [-0.2, 0) is 11.2 Å². The third kappa shape index (κ3) is 2.29. The van der Waals surface area contributed by atoms with Gasteiger partial charge in [-0.2, -0.15) is 5.10 Å². The normalized spacial score (nSPS) is 18.2. The van der Waals surface area contributed by atoms with Gasteiger partial charge in [0.2, 0.25) is 5.91 Å². The van der Waals surface area contributed by atoms with Gasteiger partial charge in [-0.1, -0.05) is 12.1 Å². The van der Waals surface area contributed by atoms with Crippen molar-refractivity contribution in [3.8, 4) is 17.0 Å². The van der Waals surface area contributed by atoms with Crippen LogP contribution in [0.3, 0.4) is 0 Å². The molecule has 2 aliphatic heterocycles. The molecule has 1 atom stereocenters. The average molecular weight is 332 g/mol. The number of rotatable bonds is 2. The van der Waals surface area contributed by atoms with Crippen LogP contribution in [-0.4, -0.2) is 27.7 Å². The van der Waals surface area contributed by atoms with E-state index in [4.69, 9.17) is 4.74 Å². The number of pyridine rings is 1. The highest BCUT2D eigenvalue weighted by molar-refractivity contribution is 5.96. The summed E-state index contributed by atoms with van der Waals surface area (Å²) in [5.74, 6) is 1.50. The Balaban J connectivity index is 1.65. The number of aromatic amines is 1. The molecule has 6 heteroatoms. The minimum atomic E-state index is -0.0383. The molecule has 3 aromatic rings. The van der Waals surface area contributed by atoms with E-state index >= 15 is 0 Å². The molecule has 6 nitrogen and oxygen atoms in total. The molecule has 1 amide bonds. The highest BCUT2D eigenvalue weighted by Gasteiger charge is 2.32. The van der Waals surface area contributed by atoms with Gasteiger partial charge in [-0.05, 0) is 29.3 Å². The molecule has 25 heavy (non-hydrogen) atoms. The minimum Gasteiger partial charge on any atom is -0.493 e. The summed E-state index contributed by atoms with van der Waals surface area (Å²) in [4.78, 5) is 16.4. The Kier molecular flexibility index (Phi) is 3.09. The van der Waals surface area contributed by atoms with E-state index in [1.165, 1.54) is 5.56 Å². The first-order chi connectivity index (χ1) is 12.3. The van der Waals surface area contributed by atoms with Crippen LogP contribution in [0.4, 0.5) is 5.82 Å². The van der Waals surface area contributed by atoms with Crippen molar-refractivity contribution in [3.63, 3.8) is 0 Å². The molecule has 0 bridgehead atoms. The molecule has 2 N–H and O–H groups in total. The Hall–Kier alpha value is -3.15. The zero-order chi connectivity index (χ0) is 16.8. The number of carbonyl (C=O) groups excluding carboxylic acids is 1. The second-order valence-electron chi connectivity index (χ2n) is 6.37. The minimum absolute atomic E-state index is 0.0153. The van der Waals surface area contributed by atoms with Crippen LogP contribution < -0.4 is 10.1 Å². The zero-order valence-corrected chi connectivity index (χ0v) is 13.5. The highest BCUT2D eigenvalue weighted by Crippen LogP contribution is 2.42. The molecule has 1 unspecified atom stereocenters. The lowest BCUT2D eigenvalue weighted by Crippen LogP contribution is -2.23. The molecule has 0 radical (unpaired) electrons. The van der Waals surface area contributed by atoms with Crippen LogP contribution in [0.25, 0.3) is 11.3 Å². The summed E-state index contributed by atoms with van der Waals surface area (Å²) in [5.41, 5.74) is 5.21. The van der Waals surface area contributed by atoms with Gasteiger partial charge >= 0.3 is 0 Å². The van der Waals surface area contributed by atoms with Crippen molar-refractivity contribution < 1.29 is 9.53 Å². The summed E-state index contributed by atoms with van der Waals surface area (Å²) in [6.45, 7) is 0.724. The van der Waals surface area contributed by atoms with Crippen molar-refractivity contribution in [2.45, 2.75) is 18.8 Å². The summed E-state index contributed by atoms with van der Waals surface area (Å²) < 4.78 is 5.60. The monoisotopic (exact) mass is 332 g/mol. The first kappa shape index (κ1) is 14.2. The molecule has 0 fully saturated rings. The van der Waals surface area contributed by atoms with Gasteiger partial charge in [0, 0.05) is 42.3 Å². The largest absolute Gasteiger partial charge is 0.493 e. The average Bonchev–Trinajstić information content (AvgIpc) is 3.27. The number of nitrogens with zero attached hydrogens (tertiary/aromatic N) is 2. The first-order valence-electron chi connectivity index (χ1n) is 8.34. The predicted octanol–water partition coefficient (Wildman–Crippen LogP) is 2.88. The smallest absolute Gasteiger partial charge is 0.226 e. The summed E-state index contributed by atoms with van der Waals surface area (Å²) in [5, 5.41) is 10.3. The van der Waals surface area contributed by atoms with Crippen LogP contribution in [0.15, 0.2) is 42.7 Å². The fraction of sp³-hybridized carbons (Fsp3) is 0.211. The van der Waals surface area contributed by atoms with Gasteiger partial charge in [-0.3, -0.25) is 14.9 Å². The molecule has 0 aliphatic carbocycles. The Labute approximate surface area is 144 Å². The Morgan fingerprint density at radius 2 is 2.20 bits per heavy atom. The lowest BCUT2D eigenvalue weighted by molar-refractivity contribution is -0.116. The van der Waals surface area contributed by atoms with Crippen molar-refractivity contribution in [1.29, 1.82) is 0 Å². The number of amides is 1. The standard InChI is InChI=1S/C19H16N4O2/c24-16-9-14(11-3-4-15-12(8-11)5-7-25-15)17-18(22-23-19(17)21-16)13-2-1-6-20-10-13/h1-4,6,8,10,14H,5,7,9H2,(H2,21,22,23,24). The van der Waals surface area contributed by atoms with E-state index in [9.17, 15) is 4.79 Å². The number of nitrogens with one attached hydrogen (secondary N) is 2. The number of hydrogen-bond donors (Lipinski definition) is 2. The van der Waals surface area contributed by atoms with Crippen LogP contribution in [0.1, 0.15) is 29.0 Å². The quantitative estimate of drug-likeness (QED) is 0.756. The number of ether oxygens (including phenoxy) is 1. The SMILES string of the molecule is O=C1CC(c2ccc3c(c2)CCO3)c2c(n[nH]c2-c2cccnc2)N1. The van der Waals surface area contributed by atoms with E-state index in [2.05, 4.69) is 32.6 Å². The van der Waals surface area contributed by atoms with Crippen LogP contribution in [0.5, 0.6) is 5.75 Å². The maximum absolute atomic E-state index is 12.2. The van der Waals surface area contributed by atoms with E-state index in [0.29, 0.717) is 12.2 Å². The molecule has 2 aromatic heterocycles. The van der Waals surface area contributed by atoms with Crippen molar-refractivity contribution >= 4 is 11.7 Å². The second kappa shape index (κ2) is 5.44. The van der Waals surface area contributed by atoms with Crippen LogP contribution in [0.2, 0.25) is 0 Å². The summed E-state index contributed by atoms with van der Waals surface area (Å²) in [6.07, 6.45) is 4.86. The number of hydrogen-bond acceptors (Lipinski definition) is 4. The van der Waals surface area contributed by atoms with Gasteiger partial charge in [-0.15, -0.1) is 0 Å². The molecule has 5 rings (SSSR count). The summed E-state index contributed by atoms with van der Waals surface area (Å²) >= 11 is 0. The van der Waals surface area contributed by atoms with Gasteiger partial charge in [0.15, 0.2) is 5.82 Å². The number of carbonyl (C=O) groups is 1. The van der Waals surface area contributed by atoms with Crippen LogP contribution >= 0.6 is 0 Å². The maximum Gasteiger partial charge on any atom is 0.226 e. The van der Waals surface area contributed by atoms with Gasteiger partial charge in [-0.25, -0.2) is 0 Å². The fourth-order valence-electron chi connectivity index (χ4n) is 3.69. The Morgan fingerprint density at radius 1 is 1.24 bits per heavy atom. The molecule has 2 aliphatic rings. The molecule has 4 heterocycles. The molecule has 0 spiro atoms. The van der Waals surface area contributed by atoms with E-state index in [0.717, 1.165) is 41.2 Å². The van der Waals surface area contributed by atoms with Gasteiger partial charge in [0.1, 0.15) is 5.75 Å². The fourth-order valence-corrected chi connectivity index (χ4v) is 3.69. The third-order valence-corrected chi connectivity index (χ3v) is 4.87. The van der Waals surface area contributed by atoms with E-state index < -0.39 is 0 Å². The number of H-pyrrole nitrogens is 1. The predicted molar refractivity (Wildman–Crippen MR) is 92.5 cm³/mol. The highest BCUT2D eigenvalue weighted by atomic mass is 16.5. The lowest BCUT2D eigenvalue weighted by Gasteiger charge is -2.24. The van der Waals surface area contributed by atoms with Crippen molar-refractivity contribution in [1.82, 2.24) is 15.2 Å². The first-order valence-corrected chi connectivity index (χ1v) is 8.34. The molecular weight excluding hydrogens is 316 g/mol. The lowest BCUT2D eigenvalue weighted by atomic mass is 9.84. The molecule has 0 saturated heterocycles. The number of fused-ring (bicyclic) bond motifs is 2.